The first kappa shape index (κ1) is 66.4. The summed E-state index contributed by atoms with van der Waals surface area (Å²) in [4.78, 5) is 59.6. The Morgan fingerprint density at radius 1 is 0.479 bits per heavy atom. The normalized spacial score (nSPS) is 14.5. The van der Waals surface area contributed by atoms with Crippen molar-refractivity contribution in [3.63, 3.8) is 0 Å². The van der Waals surface area contributed by atoms with E-state index in [1.165, 1.54) is 62.1 Å². The van der Waals surface area contributed by atoms with Crippen molar-refractivity contribution in [1.82, 2.24) is 44.9 Å². The lowest BCUT2D eigenvalue weighted by Crippen LogP contribution is -2.30. The number of thiazole rings is 4. The number of pyridine rings is 5. The molecule has 3 atom stereocenters. The summed E-state index contributed by atoms with van der Waals surface area (Å²) in [5.74, 6) is 0.398. The third kappa shape index (κ3) is 16.6. The lowest BCUT2D eigenvalue weighted by Gasteiger charge is -2.28. The van der Waals surface area contributed by atoms with Crippen LogP contribution in [0, 0.1) is 0 Å². The first-order valence-corrected chi connectivity index (χ1v) is 34.4. The zero-order valence-electron chi connectivity index (χ0n) is 52.6. The molecule has 0 saturated heterocycles. The summed E-state index contributed by atoms with van der Waals surface area (Å²) in [5.41, 5.74) is 11.8. The van der Waals surface area contributed by atoms with Crippen molar-refractivity contribution >= 4 is 83.7 Å². The van der Waals surface area contributed by atoms with Crippen molar-refractivity contribution in [1.29, 1.82) is 0 Å². The second-order valence-electron chi connectivity index (χ2n) is 23.0. The number of fused-ring (bicyclic) bond motifs is 3. The Bertz CT molecular complexity index is 4400. The molecule has 3 aliphatic rings. The van der Waals surface area contributed by atoms with Crippen LogP contribution in [0.4, 0.5) is 15.4 Å². The summed E-state index contributed by atoms with van der Waals surface area (Å²) in [6, 6.07) is 44.9. The molecule has 0 spiro atoms. The maximum atomic E-state index is 10.9. The second-order valence-corrected chi connectivity index (χ2v) is 27.7. The van der Waals surface area contributed by atoms with E-state index in [2.05, 4.69) is 152 Å². The van der Waals surface area contributed by atoms with Crippen molar-refractivity contribution in [2.24, 2.45) is 0 Å². The number of aliphatic hydroxyl groups is 2. The molecule has 12 heterocycles. The largest absolute Gasteiger partial charge is 0.380 e. The molecule has 15 rings (SSSR count). The highest BCUT2D eigenvalue weighted by Gasteiger charge is 2.31. The summed E-state index contributed by atoms with van der Waals surface area (Å²) < 4.78 is 0.425. The molecule has 0 radical (unpaired) electrons. The van der Waals surface area contributed by atoms with Gasteiger partial charge in [0.25, 0.3) is 0 Å². The van der Waals surface area contributed by atoms with Gasteiger partial charge in [-0.3, -0.25) is 29.7 Å². The molecule has 0 amide bonds. The van der Waals surface area contributed by atoms with Gasteiger partial charge in [-0.25, -0.2) is 19.9 Å². The van der Waals surface area contributed by atoms with E-state index >= 15 is 0 Å². The average molecular weight is 1340 g/mol. The van der Waals surface area contributed by atoms with Crippen LogP contribution >= 0.6 is 56.9 Å². The van der Waals surface area contributed by atoms with Gasteiger partial charge in [0.1, 0.15) is 11.2 Å². The van der Waals surface area contributed by atoms with Crippen molar-refractivity contribution in [3.8, 4) is 0 Å². The summed E-state index contributed by atoms with van der Waals surface area (Å²) in [6.45, 7) is 17.2. The fourth-order valence-electron chi connectivity index (χ4n) is 10.9. The highest BCUT2D eigenvalue weighted by atomic mass is 35.5. The number of aromatic nitrogens is 9. The van der Waals surface area contributed by atoms with Crippen LogP contribution in [0.5, 0.6) is 0 Å². The van der Waals surface area contributed by atoms with E-state index in [0.717, 1.165) is 106 Å². The van der Waals surface area contributed by atoms with Gasteiger partial charge in [-0.1, -0.05) is 145 Å². The van der Waals surface area contributed by atoms with Crippen molar-refractivity contribution in [2.45, 2.75) is 83.7 Å². The summed E-state index contributed by atoms with van der Waals surface area (Å²) in [7, 11) is 0. The molecule has 0 bridgehead atoms. The van der Waals surface area contributed by atoms with Crippen LogP contribution in [0.15, 0.2) is 227 Å². The van der Waals surface area contributed by atoms with E-state index in [9.17, 15) is 15.0 Å². The van der Waals surface area contributed by atoms with Gasteiger partial charge in [0.15, 0.2) is 25.6 Å². The van der Waals surface area contributed by atoms with Gasteiger partial charge in [-0.05, 0) is 121 Å². The number of halogens is 1. The molecular weight excluding hydrogens is 1270 g/mol. The number of benzene rings is 3. The highest BCUT2D eigenvalue weighted by Crippen LogP contribution is 2.39. The quantitative estimate of drug-likeness (QED) is 0.110. The fourth-order valence-corrected chi connectivity index (χ4v) is 14.9. The molecule has 3 aromatic carbocycles. The molecule has 3 aliphatic heterocycles. The van der Waals surface area contributed by atoms with Crippen LogP contribution in [0.1, 0.15) is 119 Å². The first-order valence-electron chi connectivity index (χ1n) is 30.8. The summed E-state index contributed by atoms with van der Waals surface area (Å²) in [6.07, 6.45) is 27.8. The predicted molar refractivity (Wildman–Crippen MR) is 381 cm³/mol. The third-order valence-corrected chi connectivity index (χ3v) is 21.5. The molecule has 0 fully saturated rings. The van der Waals surface area contributed by atoms with Gasteiger partial charge in [0.05, 0.1) is 14.6 Å². The third-order valence-electron chi connectivity index (χ3n) is 16.6. The number of hydrogen-bond acceptors (Lipinski definition) is 19. The van der Waals surface area contributed by atoms with Gasteiger partial charge in [-0.2, -0.15) is 0 Å². The molecule has 0 aliphatic carbocycles. The van der Waals surface area contributed by atoms with Crippen LogP contribution in [-0.2, 0) is 50.1 Å². The number of ketones is 1. The predicted octanol–water partition coefficient (Wildman–Crippen LogP) is 15.5. The molecule has 15 nitrogen and oxygen atoms in total. The van der Waals surface area contributed by atoms with Crippen LogP contribution in [0.25, 0.3) is 5.57 Å². The number of anilines is 3. The SMILES string of the molecule is C=C(c1cccnc1)c1cnc(N2CCc3ccccc3C2)s1.CC(=O)c1cccnc1.CC(O)(c1cccnc1)c1cnc(Cl)s1.CC(O)(c1cccnc1)c1cnc(N2CCc3ccccc3C2)s1.CC(c1cccnc1)c1cnc(N2CCc3ccccc3C2)s1. The Morgan fingerprint density at radius 2 is 0.894 bits per heavy atom. The lowest BCUT2D eigenvalue weighted by molar-refractivity contribution is 0.101. The molecular formula is C74H71ClN12O3S4. The molecule has 476 valence electrons. The van der Waals surface area contributed by atoms with E-state index in [1.807, 2.05) is 67.4 Å². The Hall–Kier alpha value is -9.05. The summed E-state index contributed by atoms with van der Waals surface area (Å²) >= 11 is 12.1. The van der Waals surface area contributed by atoms with Gasteiger partial charge < -0.3 is 24.9 Å². The number of nitrogens with zero attached hydrogens (tertiary/aromatic N) is 12. The number of carbonyl (C=O) groups is 1. The van der Waals surface area contributed by atoms with Crippen LogP contribution < -0.4 is 14.7 Å². The first-order chi connectivity index (χ1) is 45.7. The zero-order valence-corrected chi connectivity index (χ0v) is 56.6. The van der Waals surface area contributed by atoms with Gasteiger partial charge in [-0.15, -0.1) is 22.7 Å². The summed E-state index contributed by atoms with van der Waals surface area (Å²) in [5, 5.41) is 24.4. The fraction of sp³-hybridized carbons (Fsp3) is 0.216. The monoisotopic (exact) mass is 1340 g/mol. The van der Waals surface area contributed by atoms with Crippen LogP contribution in [-0.4, -0.2) is 80.5 Å². The highest BCUT2D eigenvalue weighted by molar-refractivity contribution is 7.17. The number of Topliss-reactive ketones (excluding diaryl/α,β-unsaturated/α-hetero) is 1. The molecule has 0 saturated carbocycles. The Kier molecular flexibility index (Phi) is 22.1. The van der Waals surface area contributed by atoms with Gasteiger partial charge >= 0.3 is 0 Å². The van der Waals surface area contributed by atoms with Crippen molar-refractivity contribution in [3.05, 3.63) is 312 Å². The zero-order chi connectivity index (χ0) is 65.4. The molecule has 12 aromatic rings. The topological polar surface area (TPSA) is 183 Å². The average Bonchev–Trinajstić information content (AvgIpc) is 2.07. The van der Waals surface area contributed by atoms with Gasteiger partial charge in [0, 0.05) is 159 Å². The Morgan fingerprint density at radius 3 is 1.33 bits per heavy atom. The second kappa shape index (κ2) is 31.3. The lowest BCUT2D eigenvalue weighted by atomic mass is 9.97. The minimum atomic E-state index is -1.08. The Labute approximate surface area is 569 Å². The van der Waals surface area contributed by atoms with E-state index < -0.39 is 11.2 Å². The standard InChI is InChI=1S/C19H19N3OS.C19H19N3S.C19H17N3S.C10H9ClN2OS.C7H7NO/c1-19(23,16-7-4-9-20-11-16)17-12-21-18(24-17)22-10-8-14-5-2-3-6-15(14)13-22;2*1-14(16-7-4-9-20-11-16)18-12-21-19(23-18)22-10-8-15-5-2-3-6-17(15)13-22;1-10(14,7-3-2-4-12-5-7)8-6-13-9(11)15-8;1-6(9)7-3-2-4-8-5-7/h2-7,9,11-12,23H,8,10,13H2,1H3;2-7,9,11-12,14H,8,10,13H2,1H3;2-7,9,11-12H,1,8,10,13H2;2-6,14H,1H3;2-5H,1H3. The van der Waals surface area contributed by atoms with E-state index in [0.29, 0.717) is 20.8 Å². The maximum absolute atomic E-state index is 10.9. The number of hydrogen-bond donors (Lipinski definition) is 2. The minimum absolute atomic E-state index is 0.0584. The van der Waals surface area contributed by atoms with Crippen molar-refractivity contribution in [2.75, 3.05) is 34.3 Å². The van der Waals surface area contributed by atoms with E-state index in [4.69, 9.17) is 11.6 Å². The molecule has 20 heteroatoms. The van der Waals surface area contributed by atoms with E-state index in [1.54, 1.807) is 122 Å². The van der Waals surface area contributed by atoms with Crippen LogP contribution in [0.2, 0.25) is 4.47 Å². The number of carbonyl (C=O) groups excluding carboxylic acids is 1. The molecule has 3 unspecified atom stereocenters. The molecule has 94 heavy (non-hydrogen) atoms. The van der Waals surface area contributed by atoms with E-state index in [-0.39, 0.29) is 5.78 Å². The molecule has 9 aromatic heterocycles. The Balaban J connectivity index is 0.000000124. The minimum Gasteiger partial charge on any atom is -0.380 e. The maximum Gasteiger partial charge on any atom is 0.186 e. The molecule has 2 N–H and O–H groups in total. The smallest absolute Gasteiger partial charge is 0.186 e. The van der Waals surface area contributed by atoms with Crippen molar-refractivity contribution < 1.29 is 15.0 Å². The number of rotatable bonds is 12. The van der Waals surface area contributed by atoms with Gasteiger partial charge in [0.2, 0.25) is 0 Å². The van der Waals surface area contributed by atoms with Crippen LogP contribution in [0.3, 0.4) is 0 Å².